The fourth-order valence-corrected chi connectivity index (χ4v) is 3.47. The van der Waals surface area contributed by atoms with Crippen LogP contribution in [0.1, 0.15) is 38.1 Å². The molecule has 2 amide bonds. The fraction of sp³-hybridized carbons (Fsp3) is 0.278. The van der Waals surface area contributed by atoms with Gasteiger partial charge in [0.1, 0.15) is 15.8 Å². The molecule has 0 radical (unpaired) electrons. The highest BCUT2D eigenvalue weighted by Gasteiger charge is 2.26. The molecule has 1 heterocycles. The van der Waals surface area contributed by atoms with E-state index in [1.165, 1.54) is 0 Å². The standard InChI is InChI=1S/C18H19ClN2O4S/c1-3-25-18(24)15-11(2)14(17(26-15)21-13(22)9-19)16(23)20-10-12-7-5-4-6-8-12/h4-8H,3,9-10H2,1-2H3,(H,20,23)(H,21,22). The first-order chi connectivity index (χ1) is 12.5. The van der Waals surface area contributed by atoms with E-state index in [1.54, 1.807) is 13.8 Å². The van der Waals surface area contributed by atoms with Crippen molar-refractivity contribution in [2.24, 2.45) is 0 Å². The molecule has 26 heavy (non-hydrogen) atoms. The molecule has 8 heteroatoms. The zero-order valence-electron chi connectivity index (χ0n) is 14.4. The molecular formula is C18H19ClN2O4S. The van der Waals surface area contributed by atoms with Gasteiger partial charge in [0.15, 0.2) is 0 Å². The van der Waals surface area contributed by atoms with Gasteiger partial charge in [-0.2, -0.15) is 0 Å². The van der Waals surface area contributed by atoms with Crippen LogP contribution in [-0.4, -0.2) is 30.3 Å². The Morgan fingerprint density at radius 3 is 2.50 bits per heavy atom. The Labute approximate surface area is 160 Å². The maximum atomic E-state index is 12.7. The molecule has 6 nitrogen and oxygen atoms in total. The van der Waals surface area contributed by atoms with Crippen molar-refractivity contribution in [2.45, 2.75) is 20.4 Å². The Balaban J connectivity index is 2.29. The minimum atomic E-state index is -0.529. The number of amides is 2. The topological polar surface area (TPSA) is 84.5 Å². The van der Waals surface area contributed by atoms with Crippen molar-refractivity contribution >= 4 is 45.7 Å². The first-order valence-electron chi connectivity index (χ1n) is 7.96. The average Bonchev–Trinajstić information content (AvgIpc) is 2.96. The van der Waals surface area contributed by atoms with E-state index in [0.29, 0.717) is 12.1 Å². The van der Waals surface area contributed by atoms with E-state index in [-0.39, 0.29) is 33.8 Å². The van der Waals surface area contributed by atoms with E-state index >= 15 is 0 Å². The third kappa shape index (κ3) is 4.83. The Morgan fingerprint density at radius 2 is 1.88 bits per heavy atom. The van der Waals surface area contributed by atoms with Crippen molar-refractivity contribution in [3.63, 3.8) is 0 Å². The second-order valence-corrected chi connectivity index (χ2v) is 6.62. The van der Waals surface area contributed by atoms with Gasteiger partial charge in [-0.05, 0) is 25.0 Å². The Bertz CT molecular complexity index is 805. The number of rotatable bonds is 7. The van der Waals surface area contributed by atoms with E-state index < -0.39 is 11.9 Å². The monoisotopic (exact) mass is 394 g/mol. The van der Waals surface area contributed by atoms with Crippen LogP contribution in [0.3, 0.4) is 0 Å². The van der Waals surface area contributed by atoms with Crippen LogP contribution >= 0.6 is 22.9 Å². The summed E-state index contributed by atoms with van der Waals surface area (Å²) in [5.41, 5.74) is 1.64. The molecule has 2 aromatic rings. The largest absolute Gasteiger partial charge is 0.462 e. The summed E-state index contributed by atoms with van der Waals surface area (Å²) in [5, 5.41) is 5.66. The van der Waals surface area contributed by atoms with Gasteiger partial charge in [-0.1, -0.05) is 30.3 Å². The molecular weight excluding hydrogens is 376 g/mol. The molecule has 0 bridgehead atoms. The lowest BCUT2D eigenvalue weighted by molar-refractivity contribution is -0.113. The number of ether oxygens (including phenoxy) is 1. The molecule has 0 fully saturated rings. The lowest BCUT2D eigenvalue weighted by Gasteiger charge is -2.08. The number of hydrogen-bond acceptors (Lipinski definition) is 5. The lowest BCUT2D eigenvalue weighted by atomic mass is 10.1. The molecule has 2 rings (SSSR count). The van der Waals surface area contributed by atoms with Crippen molar-refractivity contribution in [3.05, 3.63) is 51.9 Å². The normalized spacial score (nSPS) is 10.3. The van der Waals surface area contributed by atoms with Gasteiger partial charge in [0.25, 0.3) is 5.91 Å². The highest BCUT2D eigenvalue weighted by molar-refractivity contribution is 7.18. The molecule has 0 saturated carbocycles. The van der Waals surface area contributed by atoms with Crippen molar-refractivity contribution in [3.8, 4) is 0 Å². The lowest BCUT2D eigenvalue weighted by Crippen LogP contribution is -2.25. The molecule has 2 N–H and O–H groups in total. The number of benzene rings is 1. The fourth-order valence-electron chi connectivity index (χ4n) is 2.29. The van der Waals surface area contributed by atoms with E-state index in [4.69, 9.17) is 16.3 Å². The summed E-state index contributed by atoms with van der Waals surface area (Å²) in [4.78, 5) is 36.7. The number of halogens is 1. The molecule has 1 aromatic carbocycles. The summed E-state index contributed by atoms with van der Waals surface area (Å²) in [6.45, 7) is 3.89. The quantitative estimate of drug-likeness (QED) is 0.557. The Kier molecular flexibility index (Phi) is 7.17. The van der Waals surface area contributed by atoms with Crippen LogP contribution in [0.4, 0.5) is 5.00 Å². The van der Waals surface area contributed by atoms with Gasteiger partial charge in [-0.25, -0.2) is 4.79 Å². The molecule has 0 aliphatic rings. The van der Waals surface area contributed by atoms with Crippen molar-refractivity contribution < 1.29 is 19.1 Å². The minimum absolute atomic E-state index is 0.217. The highest BCUT2D eigenvalue weighted by atomic mass is 35.5. The molecule has 0 unspecified atom stereocenters. The Hall–Kier alpha value is -2.38. The second kappa shape index (κ2) is 9.35. The molecule has 0 aliphatic heterocycles. The number of thiophene rings is 1. The van der Waals surface area contributed by atoms with Crippen LogP contribution in [0, 0.1) is 6.92 Å². The van der Waals surface area contributed by atoms with E-state index in [0.717, 1.165) is 16.9 Å². The number of anilines is 1. The average molecular weight is 395 g/mol. The van der Waals surface area contributed by atoms with Crippen molar-refractivity contribution in [1.29, 1.82) is 0 Å². The van der Waals surface area contributed by atoms with Gasteiger partial charge in [0, 0.05) is 6.54 Å². The Morgan fingerprint density at radius 1 is 1.19 bits per heavy atom. The number of hydrogen-bond donors (Lipinski definition) is 2. The zero-order chi connectivity index (χ0) is 19.1. The number of alkyl halides is 1. The van der Waals surface area contributed by atoms with Crippen molar-refractivity contribution in [2.75, 3.05) is 17.8 Å². The first kappa shape index (κ1) is 19.9. The zero-order valence-corrected chi connectivity index (χ0v) is 16.0. The SMILES string of the molecule is CCOC(=O)c1sc(NC(=O)CCl)c(C(=O)NCc2ccccc2)c1C. The van der Waals surface area contributed by atoms with Gasteiger partial charge in [-0.15, -0.1) is 22.9 Å². The van der Waals surface area contributed by atoms with E-state index in [1.807, 2.05) is 30.3 Å². The summed E-state index contributed by atoms with van der Waals surface area (Å²) in [7, 11) is 0. The maximum absolute atomic E-state index is 12.7. The highest BCUT2D eigenvalue weighted by Crippen LogP contribution is 2.33. The van der Waals surface area contributed by atoms with Crippen LogP contribution in [0.5, 0.6) is 0 Å². The first-order valence-corrected chi connectivity index (χ1v) is 9.31. The predicted molar refractivity (Wildman–Crippen MR) is 102 cm³/mol. The van der Waals surface area contributed by atoms with Gasteiger partial charge < -0.3 is 15.4 Å². The predicted octanol–water partition coefficient (Wildman–Crippen LogP) is 3.34. The maximum Gasteiger partial charge on any atom is 0.348 e. The van der Waals surface area contributed by atoms with Gasteiger partial charge in [0.2, 0.25) is 5.91 Å². The number of carbonyl (C=O) groups excluding carboxylic acids is 3. The number of carbonyl (C=O) groups is 3. The van der Waals surface area contributed by atoms with Gasteiger partial charge >= 0.3 is 5.97 Å². The number of nitrogens with one attached hydrogen (secondary N) is 2. The molecule has 1 aromatic heterocycles. The summed E-state index contributed by atoms with van der Waals surface area (Å²) in [6, 6.07) is 9.42. The molecule has 0 spiro atoms. The van der Waals surface area contributed by atoms with E-state index in [2.05, 4.69) is 10.6 Å². The van der Waals surface area contributed by atoms with Gasteiger partial charge in [-0.3, -0.25) is 9.59 Å². The third-order valence-electron chi connectivity index (χ3n) is 3.50. The van der Waals surface area contributed by atoms with Crippen LogP contribution in [0.25, 0.3) is 0 Å². The summed E-state index contributed by atoms with van der Waals surface area (Å²) < 4.78 is 5.02. The second-order valence-electron chi connectivity index (χ2n) is 5.33. The van der Waals surface area contributed by atoms with Crippen molar-refractivity contribution in [1.82, 2.24) is 5.32 Å². The van der Waals surface area contributed by atoms with Crippen LogP contribution in [-0.2, 0) is 16.1 Å². The van der Waals surface area contributed by atoms with Gasteiger partial charge in [0.05, 0.1) is 12.2 Å². The summed E-state index contributed by atoms with van der Waals surface area (Å²) >= 11 is 6.54. The van der Waals surface area contributed by atoms with E-state index in [9.17, 15) is 14.4 Å². The number of esters is 1. The summed E-state index contributed by atoms with van der Waals surface area (Å²) in [6.07, 6.45) is 0. The summed E-state index contributed by atoms with van der Waals surface area (Å²) in [5.74, 6) is -1.63. The molecule has 0 saturated heterocycles. The molecule has 0 atom stereocenters. The van der Waals surface area contributed by atoms with Crippen LogP contribution in [0.2, 0.25) is 0 Å². The molecule has 0 aliphatic carbocycles. The van der Waals surface area contributed by atoms with Crippen LogP contribution in [0.15, 0.2) is 30.3 Å². The minimum Gasteiger partial charge on any atom is -0.462 e. The van der Waals surface area contributed by atoms with Crippen LogP contribution < -0.4 is 10.6 Å². The third-order valence-corrected chi connectivity index (χ3v) is 4.93. The smallest absolute Gasteiger partial charge is 0.348 e. The molecule has 138 valence electrons.